The van der Waals surface area contributed by atoms with Crippen molar-refractivity contribution in [2.45, 2.75) is 18.1 Å². The molecule has 2 rings (SSSR count). The van der Waals surface area contributed by atoms with Crippen LogP contribution in [0.25, 0.3) is 11.7 Å². The van der Waals surface area contributed by atoms with Gasteiger partial charge in [-0.1, -0.05) is 11.8 Å². The highest BCUT2D eigenvalue weighted by atomic mass is 32.2. The normalized spacial score (nSPS) is 10.4. The topological polar surface area (TPSA) is 107 Å². The average Bonchev–Trinajstić information content (AvgIpc) is 3.19. The number of furan rings is 1. The van der Waals surface area contributed by atoms with Gasteiger partial charge in [0.1, 0.15) is 0 Å². The lowest BCUT2D eigenvalue weighted by molar-refractivity contribution is -0.140. The molecule has 2 heterocycles. The Kier molecular flexibility index (Phi) is 6.01. The molecule has 0 unspecified atom stereocenters. The quantitative estimate of drug-likeness (QED) is 0.442. The van der Waals surface area contributed by atoms with Gasteiger partial charge in [0.15, 0.2) is 5.76 Å². The molecule has 0 aliphatic carbocycles. The number of thioether (sulfide) groups is 1. The molecule has 1 amide bonds. The molecular formula is C13H15N3O5S. The Morgan fingerprint density at radius 1 is 1.41 bits per heavy atom. The Morgan fingerprint density at radius 2 is 2.27 bits per heavy atom. The van der Waals surface area contributed by atoms with Gasteiger partial charge in [-0.3, -0.25) is 9.59 Å². The van der Waals surface area contributed by atoms with Gasteiger partial charge in [-0.05, 0) is 18.6 Å². The maximum absolute atomic E-state index is 11.6. The Labute approximate surface area is 130 Å². The van der Waals surface area contributed by atoms with Gasteiger partial charge in [0.05, 0.1) is 19.1 Å². The number of amides is 1. The van der Waals surface area contributed by atoms with Crippen molar-refractivity contribution in [3.05, 3.63) is 18.4 Å². The van der Waals surface area contributed by atoms with Gasteiger partial charge >= 0.3 is 5.97 Å². The van der Waals surface area contributed by atoms with Crippen molar-refractivity contribution < 1.29 is 23.2 Å². The lowest BCUT2D eigenvalue weighted by atomic mass is 10.3. The van der Waals surface area contributed by atoms with Crippen LogP contribution in [0.4, 0.5) is 0 Å². The monoisotopic (exact) mass is 325 g/mol. The third-order valence-corrected chi connectivity index (χ3v) is 3.39. The summed E-state index contributed by atoms with van der Waals surface area (Å²) in [5.41, 5.74) is 0. The van der Waals surface area contributed by atoms with Crippen LogP contribution in [0.1, 0.15) is 12.8 Å². The predicted octanol–water partition coefficient (Wildman–Crippen LogP) is 1.49. The largest absolute Gasteiger partial charge is 0.469 e. The van der Waals surface area contributed by atoms with Crippen LogP contribution in [0.5, 0.6) is 0 Å². The van der Waals surface area contributed by atoms with Crippen molar-refractivity contribution in [2.24, 2.45) is 0 Å². The summed E-state index contributed by atoms with van der Waals surface area (Å²) in [5, 5.41) is 10.6. The maximum Gasteiger partial charge on any atom is 0.305 e. The van der Waals surface area contributed by atoms with E-state index in [1.807, 2.05) is 0 Å². The molecule has 2 aromatic heterocycles. The first kappa shape index (κ1) is 16.1. The van der Waals surface area contributed by atoms with Crippen LogP contribution in [0, 0.1) is 0 Å². The molecule has 0 saturated heterocycles. The van der Waals surface area contributed by atoms with Gasteiger partial charge in [-0.15, -0.1) is 10.2 Å². The molecule has 0 atom stereocenters. The van der Waals surface area contributed by atoms with E-state index >= 15 is 0 Å². The number of rotatable bonds is 8. The number of hydrogen-bond donors (Lipinski definition) is 1. The minimum Gasteiger partial charge on any atom is -0.469 e. The molecule has 0 aromatic carbocycles. The van der Waals surface area contributed by atoms with Gasteiger partial charge in [-0.25, -0.2) is 0 Å². The molecule has 0 saturated carbocycles. The SMILES string of the molecule is COC(=O)CCCNC(=O)CSc1nnc(-c2ccco2)o1. The van der Waals surface area contributed by atoms with Crippen LogP contribution in [-0.2, 0) is 14.3 Å². The molecule has 2 aromatic rings. The molecule has 0 spiro atoms. The Balaban J connectivity index is 1.67. The zero-order valence-electron chi connectivity index (χ0n) is 11.9. The first-order chi connectivity index (χ1) is 10.7. The Morgan fingerprint density at radius 3 is 3.00 bits per heavy atom. The summed E-state index contributed by atoms with van der Waals surface area (Å²) < 4.78 is 15.0. The van der Waals surface area contributed by atoms with Gasteiger partial charge in [0, 0.05) is 13.0 Å². The lowest BCUT2D eigenvalue weighted by Crippen LogP contribution is -2.26. The van der Waals surface area contributed by atoms with Crippen LogP contribution in [0.2, 0.25) is 0 Å². The summed E-state index contributed by atoms with van der Waals surface area (Å²) in [6.07, 6.45) is 2.32. The van der Waals surface area contributed by atoms with E-state index in [4.69, 9.17) is 8.83 Å². The lowest BCUT2D eigenvalue weighted by Gasteiger charge is -2.03. The fourth-order valence-electron chi connectivity index (χ4n) is 1.51. The summed E-state index contributed by atoms with van der Waals surface area (Å²) in [5.74, 6) is 0.433. The van der Waals surface area contributed by atoms with Crippen molar-refractivity contribution in [1.29, 1.82) is 0 Å². The van der Waals surface area contributed by atoms with Crippen LogP contribution in [0.3, 0.4) is 0 Å². The smallest absolute Gasteiger partial charge is 0.305 e. The van der Waals surface area contributed by atoms with E-state index in [0.717, 1.165) is 11.8 Å². The van der Waals surface area contributed by atoms with Crippen molar-refractivity contribution >= 4 is 23.6 Å². The van der Waals surface area contributed by atoms with Crippen molar-refractivity contribution in [3.63, 3.8) is 0 Å². The van der Waals surface area contributed by atoms with E-state index in [1.165, 1.54) is 13.4 Å². The summed E-state index contributed by atoms with van der Waals surface area (Å²) in [7, 11) is 1.33. The Hall–Kier alpha value is -2.29. The fraction of sp³-hybridized carbons (Fsp3) is 0.385. The van der Waals surface area contributed by atoms with Crippen LogP contribution in [0.15, 0.2) is 32.5 Å². The van der Waals surface area contributed by atoms with Gasteiger partial charge < -0.3 is 18.9 Å². The molecule has 118 valence electrons. The second-order valence-corrected chi connectivity index (χ2v) is 5.10. The number of ether oxygens (including phenoxy) is 1. The van der Waals surface area contributed by atoms with E-state index < -0.39 is 0 Å². The first-order valence-corrected chi connectivity index (χ1v) is 7.51. The van der Waals surface area contributed by atoms with Gasteiger partial charge in [0.2, 0.25) is 5.91 Å². The summed E-state index contributed by atoms with van der Waals surface area (Å²) in [6, 6.07) is 3.42. The van der Waals surface area contributed by atoms with Crippen molar-refractivity contribution in [2.75, 3.05) is 19.4 Å². The highest BCUT2D eigenvalue weighted by molar-refractivity contribution is 7.99. The molecule has 9 heteroatoms. The van der Waals surface area contributed by atoms with Gasteiger partial charge in [-0.2, -0.15) is 0 Å². The summed E-state index contributed by atoms with van der Waals surface area (Å²) in [4.78, 5) is 22.5. The van der Waals surface area contributed by atoms with E-state index in [-0.39, 0.29) is 35.2 Å². The molecule has 0 fully saturated rings. The van der Waals surface area contributed by atoms with E-state index in [9.17, 15) is 9.59 Å². The number of aromatic nitrogens is 2. The minimum atomic E-state index is -0.292. The number of esters is 1. The van der Waals surface area contributed by atoms with E-state index in [0.29, 0.717) is 18.7 Å². The molecule has 0 bridgehead atoms. The van der Waals surface area contributed by atoms with E-state index in [2.05, 4.69) is 20.3 Å². The summed E-state index contributed by atoms with van der Waals surface area (Å²) >= 11 is 1.13. The van der Waals surface area contributed by atoms with Crippen molar-refractivity contribution in [1.82, 2.24) is 15.5 Å². The third-order valence-electron chi connectivity index (χ3n) is 2.57. The summed E-state index contributed by atoms with van der Waals surface area (Å²) in [6.45, 7) is 0.413. The van der Waals surface area contributed by atoms with E-state index in [1.54, 1.807) is 12.1 Å². The number of hydrogen-bond acceptors (Lipinski definition) is 8. The molecule has 22 heavy (non-hydrogen) atoms. The number of methoxy groups -OCH3 is 1. The predicted molar refractivity (Wildman–Crippen MR) is 77.0 cm³/mol. The van der Waals surface area contributed by atoms with Gasteiger partial charge in [0.25, 0.3) is 11.1 Å². The molecule has 0 radical (unpaired) electrons. The highest BCUT2D eigenvalue weighted by Crippen LogP contribution is 2.22. The average molecular weight is 325 g/mol. The number of carbonyl (C=O) groups excluding carboxylic acids is 2. The van der Waals surface area contributed by atoms with Crippen LogP contribution >= 0.6 is 11.8 Å². The standard InChI is InChI=1S/C13H15N3O5S/c1-19-11(18)5-2-6-14-10(17)8-22-13-16-15-12(21-13)9-4-3-7-20-9/h3-4,7H,2,5-6,8H2,1H3,(H,14,17). The molecule has 8 nitrogen and oxygen atoms in total. The highest BCUT2D eigenvalue weighted by Gasteiger charge is 2.12. The Bertz CT molecular complexity index is 611. The second kappa shape index (κ2) is 8.23. The minimum absolute atomic E-state index is 0.151. The third kappa shape index (κ3) is 4.92. The number of carbonyl (C=O) groups is 2. The second-order valence-electron chi connectivity index (χ2n) is 4.17. The number of nitrogens with one attached hydrogen (secondary N) is 1. The fourth-order valence-corrected chi connectivity index (χ4v) is 2.10. The zero-order chi connectivity index (χ0) is 15.8. The maximum atomic E-state index is 11.6. The first-order valence-electron chi connectivity index (χ1n) is 6.52. The van der Waals surface area contributed by atoms with Crippen molar-refractivity contribution in [3.8, 4) is 11.7 Å². The zero-order valence-corrected chi connectivity index (χ0v) is 12.7. The molecule has 0 aliphatic heterocycles. The molecule has 0 aliphatic rings. The van der Waals surface area contributed by atoms with Crippen LogP contribution < -0.4 is 5.32 Å². The van der Waals surface area contributed by atoms with Crippen LogP contribution in [-0.4, -0.2) is 41.5 Å². The number of nitrogens with zero attached hydrogens (tertiary/aromatic N) is 2. The molecular weight excluding hydrogens is 310 g/mol. The molecule has 1 N–H and O–H groups in total.